The normalized spacial score (nSPS) is 11.1. The minimum atomic E-state index is 0. The van der Waals surface area contributed by atoms with Crippen LogP contribution in [0.2, 0.25) is 0 Å². The summed E-state index contributed by atoms with van der Waals surface area (Å²) < 4.78 is 1.95. The van der Waals surface area contributed by atoms with Crippen molar-refractivity contribution in [3.8, 4) is 0 Å². The number of rotatable bonds is 8. The van der Waals surface area contributed by atoms with Crippen LogP contribution >= 0.6 is 35.3 Å². The van der Waals surface area contributed by atoms with Crippen molar-refractivity contribution in [2.45, 2.75) is 26.3 Å². The largest absolute Gasteiger partial charge is 0.357 e. The quantitative estimate of drug-likeness (QED) is 0.293. The van der Waals surface area contributed by atoms with Gasteiger partial charge in [0.2, 0.25) is 0 Å². The molecule has 0 saturated heterocycles. The SMILES string of the molecule is CCNC(=NCCCn1cccn1)N(C)CCc1cccs1.I. The van der Waals surface area contributed by atoms with E-state index in [0.29, 0.717) is 0 Å². The maximum atomic E-state index is 4.71. The second-order valence-corrected chi connectivity index (χ2v) is 6.14. The summed E-state index contributed by atoms with van der Waals surface area (Å²) in [4.78, 5) is 8.33. The monoisotopic (exact) mass is 447 g/mol. The molecule has 0 aliphatic rings. The number of nitrogens with one attached hydrogen (secondary N) is 1. The molecule has 0 bridgehead atoms. The first kappa shape index (κ1) is 20.0. The van der Waals surface area contributed by atoms with E-state index in [0.717, 1.165) is 45.0 Å². The Balaban J connectivity index is 0.00000264. The zero-order valence-electron chi connectivity index (χ0n) is 13.8. The number of aliphatic imine (C=N–C) groups is 1. The van der Waals surface area contributed by atoms with Gasteiger partial charge in [-0.3, -0.25) is 9.67 Å². The fourth-order valence-electron chi connectivity index (χ4n) is 2.16. The van der Waals surface area contributed by atoms with Gasteiger partial charge in [-0.15, -0.1) is 35.3 Å². The molecule has 5 nitrogen and oxygen atoms in total. The first-order valence-electron chi connectivity index (χ1n) is 7.79. The molecule has 0 fully saturated rings. The number of hydrogen-bond acceptors (Lipinski definition) is 3. The van der Waals surface area contributed by atoms with Crippen molar-refractivity contribution >= 4 is 41.3 Å². The Morgan fingerprint density at radius 3 is 2.96 bits per heavy atom. The van der Waals surface area contributed by atoms with Crippen LogP contribution in [0, 0.1) is 0 Å². The van der Waals surface area contributed by atoms with Crippen molar-refractivity contribution in [2.75, 3.05) is 26.7 Å². The molecule has 0 amide bonds. The van der Waals surface area contributed by atoms with Crippen molar-refractivity contribution in [3.63, 3.8) is 0 Å². The fraction of sp³-hybridized carbons (Fsp3) is 0.500. The van der Waals surface area contributed by atoms with Crippen LogP contribution in [-0.4, -0.2) is 47.3 Å². The molecule has 0 aliphatic carbocycles. The minimum absolute atomic E-state index is 0. The zero-order chi connectivity index (χ0) is 15.6. The number of halogens is 1. The first-order chi connectivity index (χ1) is 10.8. The van der Waals surface area contributed by atoms with E-state index in [1.807, 2.05) is 34.5 Å². The van der Waals surface area contributed by atoms with Crippen LogP contribution in [0.4, 0.5) is 0 Å². The molecule has 0 atom stereocenters. The Morgan fingerprint density at radius 2 is 2.30 bits per heavy atom. The van der Waals surface area contributed by atoms with Crippen LogP contribution in [-0.2, 0) is 13.0 Å². The van der Waals surface area contributed by atoms with Crippen LogP contribution in [0.3, 0.4) is 0 Å². The van der Waals surface area contributed by atoms with E-state index in [9.17, 15) is 0 Å². The predicted molar refractivity (Wildman–Crippen MR) is 109 cm³/mol. The number of thiophene rings is 1. The summed E-state index contributed by atoms with van der Waals surface area (Å²) in [6.07, 6.45) is 5.86. The Hall–Kier alpha value is -1.09. The molecule has 0 saturated carbocycles. The Labute approximate surface area is 159 Å². The van der Waals surface area contributed by atoms with Gasteiger partial charge >= 0.3 is 0 Å². The molecule has 2 aromatic heterocycles. The Bertz CT molecular complexity index is 539. The van der Waals surface area contributed by atoms with Crippen LogP contribution in [0.5, 0.6) is 0 Å². The van der Waals surface area contributed by atoms with Gasteiger partial charge in [-0.1, -0.05) is 6.07 Å². The number of nitrogens with zero attached hydrogens (tertiary/aromatic N) is 4. The maximum absolute atomic E-state index is 4.71. The number of hydrogen-bond donors (Lipinski definition) is 1. The molecule has 0 aliphatic heterocycles. The lowest BCUT2D eigenvalue weighted by Crippen LogP contribution is -2.40. The van der Waals surface area contributed by atoms with E-state index in [1.165, 1.54) is 4.88 Å². The van der Waals surface area contributed by atoms with Crippen LogP contribution in [0.25, 0.3) is 0 Å². The van der Waals surface area contributed by atoms with E-state index >= 15 is 0 Å². The average Bonchev–Trinajstić information content (AvgIpc) is 3.21. The maximum Gasteiger partial charge on any atom is 0.193 e. The highest BCUT2D eigenvalue weighted by molar-refractivity contribution is 14.0. The minimum Gasteiger partial charge on any atom is -0.357 e. The van der Waals surface area contributed by atoms with Crippen molar-refractivity contribution in [2.24, 2.45) is 4.99 Å². The lowest BCUT2D eigenvalue weighted by Gasteiger charge is -2.21. The molecule has 0 aromatic carbocycles. The third kappa shape index (κ3) is 7.34. The second-order valence-electron chi connectivity index (χ2n) is 5.11. The van der Waals surface area contributed by atoms with Crippen molar-refractivity contribution in [1.29, 1.82) is 0 Å². The molecule has 0 spiro atoms. The van der Waals surface area contributed by atoms with E-state index in [4.69, 9.17) is 4.99 Å². The van der Waals surface area contributed by atoms with E-state index < -0.39 is 0 Å². The zero-order valence-corrected chi connectivity index (χ0v) is 17.0. The van der Waals surface area contributed by atoms with Crippen molar-refractivity contribution in [1.82, 2.24) is 20.0 Å². The predicted octanol–water partition coefficient (Wildman–Crippen LogP) is 3.09. The molecular weight excluding hydrogens is 421 g/mol. The highest BCUT2D eigenvalue weighted by atomic mass is 127. The molecule has 7 heteroatoms. The summed E-state index contributed by atoms with van der Waals surface area (Å²) in [5.41, 5.74) is 0. The van der Waals surface area contributed by atoms with E-state index in [-0.39, 0.29) is 24.0 Å². The summed E-state index contributed by atoms with van der Waals surface area (Å²) >= 11 is 1.81. The molecule has 0 unspecified atom stereocenters. The summed E-state index contributed by atoms with van der Waals surface area (Å²) in [5, 5.41) is 9.70. The standard InChI is InChI=1S/C16H25N5S.HI/c1-3-17-16(18-9-5-11-21-12-6-10-19-21)20(2)13-8-15-7-4-14-22-15;/h4,6-7,10,12,14H,3,5,8-9,11,13H2,1-2H3,(H,17,18);1H. The summed E-state index contributed by atoms with van der Waals surface area (Å²) in [7, 11) is 2.10. The van der Waals surface area contributed by atoms with Crippen LogP contribution in [0.1, 0.15) is 18.2 Å². The molecule has 2 aromatic rings. The van der Waals surface area contributed by atoms with Gasteiger partial charge in [0, 0.05) is 50.5 Å². The molecule has 2 heterocycles. The van der Waals surface area contributed by atoms with Gasteiger partial charge in [0.1, 0.15) is 0 Å². The summed E-state index contributed by atoms with van der Waals surface area (Å²) in [5.74, 6) is 0.986. The Kier molecular flexibility index (Phi) is 9.93. The molecule has 1 N–H and O–H groups in total. The topological polar surface area (TPSA) is 45.5 Å². The molecule has 2 rings (SSSR count). The number of likely N-dealkylation sites (N-methyl/N-ethyl adjacent to an activating group) is 1. The van der Waals surface area contributed by atoms with Gasteiger partial charge in [-0.2, -0.15) is 5.10 Å². The average molecular weight is 447 g/mol. The first-order valence-corrected chi connectivity index (χ1v) is 8.67. The molecule has 128 valence electrons. The van der Waals surface area contributed by atoms with Gasteiger partial charge in [0.15, 0.2) is 5.96 Å². The molecular formula is C16H26IN5S. The highest BCUT2D eigenvalue weighted by Crippen LogP contribution is 2.09. The smallest absolute Gasteiger partial charge is 0.193 e. The van der Waals surface area contributed by atoms with E-state index in [2.05, 4.69) is 46.8 Å². The van der Waals surface area contributed by atoms with Gasteiger partial charge in [0.05, 0.1) is 0 Å². The van der Waals surface area contributed by atoms with Crippen LogP contribution < -0.4 is 5.32 Å². The third-order valence-corrected chi connectivity index (χ3v) is 4.27. The molecule has 23 heavy (non-hydrogen) atoms. The number of guanidine groups is 1. The van der Waals surface area contributed by atoms with Gasteiger partial charge < -0.3 is 10.2 Å². The lowest BCUT2D eigenvalue weighted by atomic mass is 10.3. The molecule has 0 radical (unpaired) electrons. The summed E-state index contributed by atoms with van der Waals surface area (Å²) in [6, 6.07) is 6.24. The van der Waals surface area contributed by atoms with Gasteiger partial charge in [-0.25, -0.2) is 0 Å². The number of aromatic nitrogens is 2. The highest BCUT2D eigenvalue weighted by Gasteiger charge is 2.05. The second kappa shape index (κ2) is 11.4. The Morgan fingerprint density at radius 1 is 1.43 bits per heavy atom. The van der Waals surface area contributed by atoms with E-state index in [1.54, 1.807) is 0 Å². The van der Waals surface area contributed by atoms with Crippen molar-refractivity contribution < 1.29 is 0 Å². The van der Waals surface area contributed by atoms with Crippen LogP contribution in [0.15, 0.2) is 41.0 Å². The number of aryl methyl sites for hydroxylation is 1. The van der Waals surface area contributed by atoms with Gasteiger partial charge in [0.25, 0.3) is 0 Å². The summed E-state index contributed by atoms with van der Waals surface area (Å²) in [6.45, 7) is 5.69. The fourth-order valence-corrected chi connectivity index (χ4v) is 2.86. The van der Waals surface area contributed by atoms with Crippen molar-refractivity contribution in [3.05, 3.63) is 40.8 Å². The lowest BCUT2D eigenvalue weighted by molar-refractivity contribution is 0.484. The van der Waals surface area contributed by atoms with Gasteiger partial charge in [-0.05, 0) is 37.3 Å². The third-order valence-electron chi connectivity index (χ3n) is 3.34.